The number of hydrogen-bond donors (Lipinski definition) is 1. The molecule has 1 heterocycles. The van der Waals surface area contributed by atoms with Crippen molar-refractivity contribution in [2.24, 2.45) is 5.92 Å². The second-order valence-electron chi connectivity index (χ2n) is 4.90. The first kappa shape index (κ1) is 14.4. The van der Waals surface area contributed by atoms with Crippen LogP contribution in [0.3, 0.4) is 0 Å². The topological polar surface area (TPSA) is 83.9 Å². The first-order valence-electron chi connectivity index (χ1n) is 5.44. The molecule has 1 aliphatic heterocycles. The summed E-state index contributed by atoms with van der Waals surface area (Å²) < 4.78 is 30.4. The molecule has 0 spiro atoms. The summed E-state index contributed by atoms with van der Waals surface area (Å²) in [4.78, 5) is 10.8. The Hall–Kier alpha value is -0.660. The van der Waals surface area contributed by atoms with E-state index in [1.165, 1.54) is 11.4 Å². The molecule has 1 rings (SSSR count). The lowest BCUT2D eigenvalue weighted by Gasteiger charge is -2.25. The van der Waals surface area contributed by atoms with E-state index in [0.717, 1.165) is 0 Å². The van der Waals surface area contributed by atoms with Gasteiger partial charge in [-0.25, -0.2) is 12.7 Å². The molecule has 1 saturated heterocycles. The lowest BCUT2D eigenvalue weighted by molar-refractivity contribution is -0.141. The summed E-state index contributed by atoms with van der Waals surface area (Å²) in [7, 11) is -1.99. The molecule has 100 valence electrons. The predicted octanol–water partition coefficient (Wildman–Crippen LogP) is 0.148. The minimum Gasteiger partial charge on any atom is -0.481 e. The highest BCUT2D eigenvalue weighted by atomic mass is 32.2. The van der Waals surface area contributed by atoms with Gasteiger partial charge in [0.25, 0.3) is 0 Å². The molecule has 1 unspecified atom stereocenters. The summed E-state index contributed by atoms with van der Waals surface area (Å²) >= 11 is 0. The van der Waals surface area contributed by atoms with E-state index in [1.54, 1.807) is 13.8 Å². The lowest BCUT2D eigenvalue weighted by Crippen LogP contribution is -2.40. The number of carbonyl (C=O) groups is 1. The normalized spacial score (nSPS) is 22.9. The molecule has 0 radical (unpaired) electrons. The van der Waals surface area contributed by atoms with Gasteiger partial charge in [-0.05, 0) is 20.3 Å². The van der Waals surface area contributed by atoms with Gasteiger partial charge in [0, 0.05) is 20.2 Å². The molecule has 1 N–H and O–H groups in total. The molecule has 0 saturated carbocycles. The Bertz CT molecular complexity index is 390. The van der Waals surface area contributed by atoms with Gasteiger partial charge in [0.1, 0.15) is 0 Å². The van der Waals surface area contributed by atoms with Crippen molar-refractivity contribution in [1.82, 2.24) is 4.31 Å². The van der Waals surface area contributed by atoms with Crippen LogP contribution in [0.25, 0.3) is 0 Å². The number of ether oxygens (including phenoxy) is 1. The van der Waals surface area contributed by atoms with E-state index >= 15 is 0 Å². The monoisotopic (exact) mass is 265 g/mol. The highest BCUT2D eigenvalue weighted by Crippen LogP contribution is 2.22. The van der Waals surface area contributed by atoms with Gasteiger partial charge in [-0.2, -0.15) is 0 Å². The summed E-state index contributed by atoms with van der Waals surface area (Å²) in [6, 6.07) is 0. The summed E-state index contributed by atoms with van der Waals surface area (Å²) in [6.45, 7) is 3.72. The average Bonchev–Trinajstić information content (AvgIpc) is 2.65. The van der Waals surface area contributed by atoms with Gasteiger partial charge in [0.15, 0.2) is 0 Å². The van der Waals surface area contributed by atoms with E-state index in [2.05, 4.69) is 0 Å². The molecule has 1 aliphatic rings. The van der Waals surface area contributed by atoms with E-state index in [0.29, 0.717) is 6.42 Å². The number of sulfonamides is 1. The minimum absolute atomic E-state index is 0.0669. The molecule has 0 aliphatic carbocycles. The molecule has 1 fully saturated rings. The second kappa shape index (κ2) is 4.91. The smallest absolute Gasteiger partial charge is 0.307 e. The largest absolute Gasteiger partial charge is 0.481 e. The number of nitrogens with zero attached hydrogens (tertiary/aromatic N) is 1. The maximum atomic E-state index is 12.0. The fraction of sp³-hybridized carbons (Fsp3) is 0.900. The SMILES string of the molecule is COC(C)(C)CS(=O)(=O)N1CCC(C(=O)O)C1. The van der Waals surface area contributed by atoms with Crippen LogP contribution in [0.1, 0.15) is 20.3 Å². The van der Waals surface area contributed by atoms with Crippen molar-refractivity contribution in [3.63, 3.8) is 0 Å². The van der Waals surface area contributed by atoms with Crippen molar-refractivity contribution in [3.8, 4) is 0 Å². The summed E-state index contributed by atoms with van der Waals surface area (Å²) in [6.07, 6.45) is 0.377. The zero-order valence-corrected chi connectivity index (χ0v) is 11.2. The van der Waals surface area contributed by atoms with Crippen molar-refractivity contribution < 1.29 is 23.1 Å². The Morgan fingerprint density at radius 3 is 2.53 bits per heavy atom. The van der Waals surface area contributed by atoms with Crippen LogP contribution in [0.4, 0.5) is 0 Å². The third kappa shape index (κ3) is 3.65. The summed E-state index contributed by atoms with van der Waals surface area (Å²) in [5.74, 6) is -1.66. The van der Waals surface area contributed by atoms with E-state index < -0.39 is 27.5 Å². The van der Waals surface area contributed by atoms with Crippen molar-refractivity contribution >= 4 is 16.0 Å². The predicted molar refractivity (Wildman–Crippen MR) is 62.2 cm³/mol. The number of carboxylic acids is 1. The minimum atomic E-state index is -3.45. The third-order valence-corrected chi connectivity index (χ3v) is 5.15. The fourth-order valence-corrected chi connectivity index (χ4v) is 3.74. The van der Waals surface area contributed by atoms with Crippen LogP contribution < -0.4 is 0 Å². The van der Waals surface area contributed by atoms with Crippen LogP contribution in [0.5, 0.6) is 0 Å². The van der Waals surface area contributed by atoms with Gasteiger partial charge < -0.3 is 9.84 Å². The molecule has 6 nitrogen and oxygen atoms in total. The Balaban J connectivity index is 2.71. The molecule has 0 aromatic rings. The van der Waals surface area contributed by atoms with Crippen LogP contribution in [0, 0.1) is 5.92 Å². The maximum absolute atomic E-state index is 12.0. The van der Waals surface area contributed by atoms with Crippen LogP contribution in [0.2, 0.25) is 0 Å². The van der Waals surface area contributed by atoms with E-state index in [-0.39, 0.29) is 18.8 Å². The highest BCUT2D eigenvalue weighted by Gasteiger charge is 2.37. The van der Waals surface area contributed by atoms with Crippen molar-refractivity contribution in [2.75, 3.05) is 26.0 Å². The fourth-order valence-electron chi connectivity index (χ4n) is 1.77. The standard InChI is InChI=1S/C10H19NO5S/c1-10(2,16-3)7-17(14,15)11-5-4-8(6-11)9(12)13/h8H,4-7H2,1-3H3,(H,12,13). The molecule has 1 atom stereocenters. The Labute approximate surface area is 102 Å². The van der Waals surface area contributed by atoms with Gasteiger partial charge in [-0.1, -0.05) is 0 Å². The molecule has 0 bridgehead atoms. The van der Waals surface area contributed by atoms with Crippen LogP contribution in [-0.4, -0.2) is 55.4 Å². The lowest BCUT2D eigenvalue weighted by atomic mass is 10.1. The van der Waals surface area contributed by atoms with Gasteiger partial charge in [0.2, 0.25) is 10.0 Å². The highest BCUT2D eigenvalue weighted by molar-refractivity contribution is 7.89. The van der Waals surface area contributed by atoms with E-state index in [4.69, 9.17) is 9.84 Å². The Morgan fingerprint density at radius 2 is 2.12 bits per heavy atom. The van der Waals surface area contributed by atoms with Crippen LogP contribution >= 0.6 is 0 Å². The third-order valence-electron chi connectivity index (χ3n) is 2.98. The average molecular weight is 265 g/mol. The zero-order chi connectivity index (χ0) is 13.3. The van der Waals surface area contributed by atoms with Gasteiger partial charge in [0.05, 0.1) is 17.3 Å². The van der Waals surface area contributed by atoms with Crippen LogP contribution in [-0.2, 0) is 19.6 Å². The number of carboxylic acid groups (broad SMARTS) is 1. The van der Waals surface area contributed by atoms with Crippen molar-refractivity contribution in [1.29, 1.82) is 0 Å². The van der Waals surface area contributed by atoms with Gasteiger partial charge in [-0.15, -0.1) is 0 Å². The number of rotatable bonds is 5. The van der Waals surface area contributed by atoms with Crippen LogP contribution in [0.15, 0.2) is 0 Å². The first-order chi connectivity index (χ1) is 7.68. The molecule has 0 amide bonds. The quantitative estimate of drug-likeness (QED) is 0.765. The molecular weight excluding hydrogens is 246 g/mol. The van der Waals surface area contributed by atoms with E-state index in [9.17, 15) is 13.2 Å². The number of methoxy groups -OCH3 is 1. The van der Waals surface area contributed by atoms with Crippen molar-refractivity contribution in [3.05, 3.63) is 0 Å². The van der Waals surface area contributed by atoms with Gasteiger partial charge in [-0.3, -0.25) is 4.79 Å². The molecule has 0 aromatic heterocycles. The second-order valence-corrected chi connectivity index (χ2v) is 6.87. The molecule has 7 heteroatoms. The van der Waals surface area contributed by atoms with Gasteiger partial charge >= 0.3 is 5.97 Å². The number of hydrogen-bond acceptors (Lipinski definition) is 4. The number of aliphatic carboxylic acids is 1. The zero-order valence-electron chi connectivity index (χ0n) is 10.3. The van der Waals surface area contributed by atoms with E-state index in [1.807, 2.05) is 0 Å². The molecular formula is C10H19NO5S. The maximum Gasteiger partial charge on any atom is 0.307 e. The van der Waals surface area contributed by atoms with Crippen molar-refractivity contribution in [2.45, 2.75) is 25.9 Å². The Morgan fingerprint density at radius 1 is 1.53 bits per heavy atom. The first-order valence-corrected chi connectivity index (χ1v) is 7.05. The molecule has 17 heavy (non-hydrogen) atoms. The molecule has 0 aromatic carbocycles. The Kier molecular flexibility index (Phi) is 4.16. The summed E-state index contributed by atoms with van der Waals surface area (Å²) in [5, 5.41) is 8.83. The summed E-state index contributed by atoms with van der Waals surface area (Å²) in [5.41, 5.74) is -0.764.